The van der Waals surface area contributed by atoms with Crippen LogP contribution in [0.15, 0.2) is 42.6 Å². The van der Waals surface area contributed by atoms with Gasteiger partial charge in [0.25, 0.3) is 0 Å². The highest BCUT2D eigenvalue weighted by Crippen LogP contribution is 2.24. The van der Waals surface area contributed by atoms with Crippen LogP contribution in [0.1, 0.15) is 26.3 Å². The van der Waals surface area contributed by atoms with Crippen molar-refractivity contribution in [1.82, 2.24) is 4.98 Å². The fraction of sp³-hybridized carbons (Fsp3) is 0.312. The summed E-state index contributed by atoms with van der Waals surface area (Å²) >= 11 is 0. The summed E-state index contributed by atoms with van der Waals surface area (Å²) in [5.41, 5.74) is 7.14. The summed E-state index contributed by atoms with van der Waals surface area (Å²) in [4.78, 5) is 3.99. The second kappa shape index (κ2) is 5.31. The second-order valence-electron chi connectivity index (χ2n) is 5.90. The zero-order valence-corrected chi connectivity index (χ0v) is 11.7. The molecule has 0 aliphatic carbocycles. The Morgan fingerprint density at radius 3 is 2.16 bits per heavy atom. The Bertz CT molecular complexity index is 524. The van der Waals surface area contributed by atoms with Crippen molar-refractivity contribution in [2.75, 3.05) is 5.73 Å². The van der Waals surface area contributed by atoms with Gasteiger partial charge >= 0.3 is 0 Å². The third-order valence-electron chi connectivity index (χ3n) is 2.65. The van der Waals surface area contributed by atoms with Crippen LogP contribution in [0.5, 0.6) is 11.5 Å². The predicted octanol–water partition coefficient (Wildman–Crippen LogP) is 4.04. The van der Waals surface area contributed by atoms with Gasteiger partial charge < -0.3 is 10.5 Å². The molecule has 3 heteroatoms. The second-order valence-corrected chi connectivity index (χ2v) is 5.90. The average Bonchev–Trinajstić information content (AvgIpc) is 2.33. The van der Waals surface area contributed by atoms with Crippen LogP contribution in [0.4, 0.5) is 5.82 Å². The summed E-state index contributed by atoms with van der Waals surface area (Å²) in [5, 5.41) is 0. The molecule has 19 heavy (non-hydrogen) atoms. The molecule has 2 aromatic rings. The Kier molecular flexibility index (Phi) is 3.74. The molecule has 0 bridgehead atoms. The van der Waals surface area contributed by atoms with Gasteiger partial charge in [-0.05, 0) is 41.7 Å². The Balaban J connectivity index is 2.04. The van der Waals surface area contributed by atoms with Crippen LogP contribution < -0.4 is 10.5 Å². The average molecular weight is 256 g/mol. The molecule has 0 fully saturated rings. The summed E-state index contributed by atoms with van der Waals surface area (Å²) < 4.78 is 5.70. The van der Waals surface area contributed by atoms with Crippen molar-refractivity contribution in [2.24, 2.45) is 5.41 Å². The number of hydrogen-bond donors (Lipinski definition) is 1. The first-order valence-corrected chi connectivity index (χ1v) is 6.41. The Labute approximate surface area is 114 Å². The molecule has 0 aliphatic heterocycles. The van der Waals surface area contributed by atoms with E-state index in [2.05, 4.69) is 37.9 Å². The first-order valence-electron chi connectivity index (χ1n) is 6.41. The summed E-state index contributed by atoms with van der Waals surface area (Å²) in [6.45, 7) is 6.70. The quantitative estimate of drug-likeness (QED) is 0.901. The van der Waals surface area contributed by atoms with Crippen LogP contribution in [0.2, 0.25) is 0 Å². The van der Waals surface area contributed by atoms with E-state index in [0.717, 1.165) is 12.2 Å². The molecule has 0 amide bonds. The molecule has 0 spiro atoms. The van der Waals surface area contributed by atoms with Gasteiger partial charge in [0, 0.05) is 0 Å². The third-order valence-corrected chi connectivity index (χ3v) is 2.65. The highest BCUT2D eigenvalue weighted by molar-refractivity contribution is 5.36. The van der Waals surface area contributed by atoms with Crippen LogP contribution in [-0.4, -0.2) is 4.98 Å². The molecule has 1 heterocycles. The minimum atomic E-state index is 0.295. The molecule has 1 aromatic carbocycles. The molecule has 3 nitrogen and oxygen atoms in total. The summed E-state index contributed by atoms with van der Waals surface area (Å²) in [6, 6.07) is 11.7. The minimum absolute atomic E-state index is 0.295. The molecule has 0 atom stereocenters. The number of aromatic nitrogens is 1. The van der Waals surface area contributed by atoms with E-state index in [0.29, 0.717) is 17.0 Å². The van der Waals surface area contributed by atoms with Gasteiger partial charge in [-0.25, -0.2) is 4.98 Å². The Morgan fingerprint density at radius 2 is 1.63 bits per heavy atom. The van der Waals surface area contributed by atoms with Crippen LogP contribution in [-0.2, 0) is 6.42 Å². The predicted molar refractivity (Wildman–Crippen MR) is 78.3 cm³/mol. The molecule has 0 unspecified atom stereocenters. The number of ether oxygens (including phenoxy) is 1. The molecular weight excluding hydrogens is 236 g/mol. The lowest BCUT2D eigenvalue weighted by atomic mass is 9.88. The van der Waals surface area contributed by atoms with E-state index in [9.17, 15) is 0 Å². The van der Waals surface area contributed by atoms with Crippen molar-refractivity contribution in [2.45, 2.75) is 27.2 Å². The van der Waals surface area contributed by atoms with Crippen molar-refractivity contribution in [3.8, 4) is 11.5 Å². The maximum absolute atomic E-state index is 5.70. The lowest BCUT2D eigenvalue weighted by molar-refractivity contribution is 0.410. The van der Waals surface area contributed by atoms with Crippen LogP contribution in [0.25, 0.3) is 0 Å². The van der Waals surface area contributed by atoms with E-state index in [-0.39, 0.29) is 0 Å². The number of nitrogens with two attached hydrogens (primary N) is 1. The summed E-state index contributed by atoms with van der Waals surface area (Å²) in [5.74, 6) is 2.00. The highest BCUT2D eigenvalue weighted by atomic mass is 16.5. The minimum Gasteiger partial charge on any atom is -0.456 e. The highest BCUT2D eigenvalue weighted by Gasteiger charge is 2.11. The van der Waals surface area contributed by atoms with Gasteiger partial charge in [-0.3, -0.25) is 0 Å². The first-order chi connectivity index (χ1) is 8.92. The standard InChI is InChI=1S/C16H20N2O/c1-16(2,3)10-12-4-6-13(7-5-12)19-14-8-9-15(17)18-11-14/h4-9,11H,10H2,1-3H3,(H2,17,18). The van der Waals surface area contributed by atoms with E-state index in [1.807, 2.05) is 18.2 Å². The van der Waals surface area contributed by atoms with Crippen LogP contribution >= 0.6 is 0 Å². The number of benzene rings is 1. The SMILES string of the molecule is CC(C)(C)Cc1ccc(Oc2ccc(N)nc2)cc1. The number of pyridine rings is 1. The zero-order valence-electron chi connectivity index (χ0n) is 11.7. The van der Waals surface area contributed by atoms with Gasteiger partial charge in [0.2, 0.25) is 0 Å². The maximum Gasteiger partial charge on any atom is 0.145 e. The van der Waals surface area contributed by atoms with Crippen molar-refractivity contribution >= 4 is 5.82 Å². The first kappa shape index (κ1) is 13.4. The van der Waals surface area contributed by atoms with Gasteiger partial charge in [-0.2, -0.15) is 0 Å². The van der Waals surface area contributed by atoms with E-state index in [4.69, 9.17) is 10.5 Å². The zero-order chi connectivity index (χ0) is 13.9. The molecule has 2 N–H and O–H groups in total. The molecule has 0 radical (unpaired) electrons. The summed E-state index contributed by atoms with van der Waals surface area (Å²) in [6.07, 6.45) is 2.68. The molecule has 1 aromatic heterocycles. The number of nitrogen functional groups attached to an aromatic ring is 1. The van der Waals surface area contributed by atoms with E-state index >= 15 is 0 Å². The molecule has 0 saturated carbocycles. The van der Waals surface area contributed by atoms with Gasteiger partial charge in [0.1, 0.15) is 17.3 Å². The van der Waals surface area contributed by atoms with Crippen molar-refractivity contribution in [3.63, 3.8) is 0 Å². The Hall–Kier alpha value is -2.03. The molecule has 0 saturated heterocycles. The number of anilines is 1. The monoisotopic (exact) mass is 256 g/mol. The lowest BCUT2D eigenvalue weighted by Gasteiger charge is -2.18. The van der Waals surface area contributed by atoms with E-state index in [1.54, 1.807) is 12.3 Å². The topological polar surface area (TPSA) is 48.1 Å². The largest absolute Gasteiger partial charge is 0.456 e. The maximum atomic E-state index is 5.70. The summed E-state index contributed by atoms with van der Waals surface area (Å²) in [7, 11) is 0. The number of nitrogens with zero attached hydrogens (tertiary/aromatic N) is 1. The van der Waals surface area contributed by atoms with Gasteiger partial charge in [0.05, 0.1) is 6.20 Å². The number of rotatable bonds is 3. The van der Waals surface area contributed by atoms with Crippen molar-refractivity contribution in [1.29, 1.82) is 0 Å². The van der Waals surface area contributed by atoms with Gasteiger partial charge in [-0.1, -0.05) is 32.9 Å². The van der Waals surface area contributed by atoms with Crippen LogP contribution in [0, 0.1) is 5.41 Å². The smallest absolute Gasteiger partial charge is 0.145 e. The normalized spacial score (nSPS) is 11.3. The van der Waals surface area contributed by atoms with Gasteiger partial charge in [-0.15, -0.1) is 0 Å². The van der Waals surface area contributed by atoms with E-state index < -0.39 is 0 Å². The van der Waals surface area contributed by atoms with Crippen molar-refractivity contribution < 1.29 is 4.74 Å². The Morgan fingerprint density at radius 1 is 1.00 bits per heavy atom. The van der Waals surface area contributed by atoms with E-state index in [1.165, 1.54) is 5.56 Å². The van der Waals surface area contributed by atoms with Crippen LogP contribution in [0.3, 0.4) is 0 Å². The lowest BCUT2D eigenvalue weighted by Crippen LogP contribution is -2.08. The van der Waals surface area contributed by atoms with Gasteiger partial charge in [0.15, 0.2) is 0 Å². The fourth-order valence-corrected chi connectivity index (χ4v) is 1.88. The molecular formula is C16H20N2O. The third kappa shape index (κ3) is 4.28. The number of hydrogen-bond acceptors (Lipinski definition) is 3. The fourth-order valence-electron chi connectivity index (χ4n) is 1.88. The molecule has 2 rings (SSSR count). The molecule has 0 aliphatic rings. The van der Waals surface area contributed by atoms with Crippen molar-refractivity contribution in [3.05, 3.63) is 48.2 Å². The molecule has 100 valence electrons.